The SMILES string of the molecule is CCCC(C)NC(=O)C1N([C@@H](CC)CO)C(=O)[C@@H]2[C@@H](C(=O)NC)[C@H]3CCC12O3. The lowest BCUT2D eigenvalue weighted by Crippen LogP contribution is -2.59. The third-order valence-electron chi connectivity index (χ3n) is 6.72. The predicted octanol–water partition coefficient (Wildman–Crippen LogP) is 0.183. The highest BCUT2D eigenvalue weighted by Crippen LogP contribution is 2.58. The van der Waals surface area contributed by atoms with E-state index in [0.29, 0.717) is 19.3 Å². The second-order valence-electron chi connectivity index (χ2n) is 8.36. The number of carbonyl (C=O) groups excluding carboxylic acids is 3. The van der Waals surface area contributed by atoms with Gasteiger partial charge in [0.25, 0.3) is 0 Å². The van der Waals surface area contributed by atoms with E-state index >= 15 is 0 Å². The highest BCUT2D eigenvalue weighted by molar-refractivity contribution is 5.99. The van der Waals surface area contributed by atoms with E-state index in [4.69, 9.17) is 4.74 Å². The Balaban J connectivity index is 2.00. The van der Waals surface area contributed by atoms with Crippen LogP contribution < -0.4 is 10.6 Å². The number of nitrogens with zero attached hydrogens (tertiary/aromatic N) is 1. The van der Waals surface area contributed by atoms with Crippen LogP contribution in [0.2, 0.25) is 0 Å². The molecule has 0 radical (unpaired) electrons. The fourth-order valence-electron chi connectivity index (χ4n) is 5.49. The van der Waals surface area contributed by atoms with Gasteiger partial charge in [0, 0.05) is 13.1 Å². The number of aliphatic hydroxyl groups is 1. The van der Waals surface area contributed by atoms with Crippen LogP contribution in [0.5, 0.6) is 0 Å². The van der Waals surface area contributed by atoms with Crippen molar-refractivity contribution in [1.82, 2.24) is 15.5 Å². The van der Waals surface area contributed by atoms with Gasteiger partial charge in [-0.3, -0.25) is 14.4 Å². The molecule has 7 atom stereocenters. The van der Waals surface area contributed by atoms with Crippen molar-refractivity contribution in [3.8, 4) is 0 Å². The van der Waals surface area contributed by atoms with Crippen LogP contribution in [-0.2, 0) is 19.1 Å². The summed E-state index contributed by atoms with van der Waals surface area (Å²) < 4.78 is 6.27. The lowest BCUT2D eigenvalue weighted by atomic mass is 9.70. The molecule has 28 heavy (non-hydrogen) atoms. The average molecular weight is 396 g/mol. The van der Waals surface area contributed by atoms with Crippen LogP contribution in [0.15, 0.2) is 0 Å². The van der Waals surface area contributed by atoms with Gasteiger partial charge >= 0.3 is 0 Å². The van der Waals surface area contributed by atoms with Crippen LogP contribution in [0.25, 0.3) is 0 Å². The molecule has 3 heterocycles. The summed E-state index contributed by atoms with van der Waals surface area (Å²) in [6, 6.07) is -1.31. The molecule has 8 nitrogen and oxygen atoms in total. The number of hydrogen-bond donors (Lipinski definition) is 3. The average Bonchev–Trinajstić information content (AvgIpc) is 3.30. The molecule has 0 aromatic rings. The van der Waals surface area contributed by atoms with Gasteiger partial charge in [-0.25, -0.2) is 0 Å². The van der Waals surface area contributed by atoms with Crippen LogP contribution in [0.4, 0.5) is 0 Å². The molecule has 3 amide bonds. The number of aliphatic hydroxyl groups excluding tert-OH is 1. The van der Waals surface area contributed by atoms with Crippen molar-refractivity contribution in [2.75, 3.05) is 13.7 Å². The van der Waals surface area contributed by atoms with E-state index in [1.807, 2.05) is 13.8 Å². The van der Waals surface area contributed by atoms with Gasteiger partial charge in [0.2, 0.25) is 17.7 Å². The van der Waals surface area contributed by atoms with Crippen LogP contribution in [-0.4, -0.2) is 71.2 Å². The van der Waals surface area contributed by atoms with Gasteiger partial charge in [0.1, 0.15) is 11.6 Å². The number of rotatable bonds is 8. The number of nitrogens with one attached hydrogen (secondary N) is 2. The third-order valence-corrected chi connectivity index (χ3v) is 6.72. The van der Waals surface area contributed by atoms with Gasteiger partial charge in [-0.2, -0.15) is 0 Å². The normalized spacial score (nSPS) is 35.6. The van der Waals surface area contributed by atoms with Crippen LogP contribution >= 0.6 is 0 Å². The lowest BCUT2D eigenvalue weighted by molar-refractivity contribution is -0.145. The van der Waals surface area contributed by atoms with Crippen LogP contribution in [0.1, 0.15) is 52.9 Å². The summed E-state index contributed by atoms with van der Waals surface area (Å²) in [4.78, 5) is 40.8. The number of ether oxygens (including phenoxy) is 1. The fraction of sp³-hybridized carbons (Fsp3) is 0.850. The molecule has 3 aliphatic rings. The molecule has 3 fully saturated rings. The smallest absolute Gasteiger partial charge is 0.246 e. The first kappa shape index (κ1) is 21.0. The largest absolute Gasteiger partial charge is 0.394 e. The molecule has 0 aromatic heterocycles. The van der Waals surface area contributed by atoms with Crippen molar-refractivity contribution in [2.45, 2.75) is 82.7 Å². The first-order chi connectivity index (χ1) is 13.4. The molecule has 0 aliphatic carbocycles. The van der Waals surface area contributed by atoms with E-state index in [1.165, 1.54) is 4.90 Å². The molecule has 1 spiro atoms. The highest BCUT2D eigenvalue weighted by atomic mass is 16.5. The summed E-state index contributed by atoms with van der Waals surface area (Å²) in [6.07, 6.45) is 3.18. The van der Waals surface area contributed by atoms with Gasteiger partial charge in [-0.15, -0.1) is 0 Å². The van der Waals surface area contributed by atoms with E-state index < -0.39 is 29.5 Å². The molecule has 3 N–H and O–H groups in total. The van der Waals surface area contributed by atoms with Gasteiger partial charge in [-0.1, -0.05) is 20.3 Å². The summed E-state index contributed by atoms with van der Waals surface area (Å²) in [5.41, 5.74) is -0.989. The summed E-state index contributed by atoms with van der Waals surface area (Å²) in [6.45, 7) is 5.65. The molecule has 3 rings (SSSR count). The standard InChI is InChI=1S/C20H33N3O5/c1-5-7-11(3)22-18(26)16-20-9-8-13(28-20)14(17(25)21-4)15(20)19(27)23(16)12(6-2)10-24/h11-16,24H,5-10H2,1-4H3,(H,21,25)(H,22,26)/t11?,12-,13+,14-,15-,16?,20?/m0/s1. The number of amides is 3. The topological polar surface area (TPSA) is 108 Å². The molecule has 0 saturated carbocycles. The monoisotopic (exact) mass is 395 g/mol. The fourth-order valence-corrected chi connectivity index (χ4v) is 5.49. The van der Waals surface area contributed by atoms with Gasteiger partial charge < -0.3 is 25.4 Å². The molecule has 0 aromatic carbocycles. The number of hydrogen-bond acceptors (Lipinski definition) is 5. The van der Waals surface area contributed by atoms with Crippen LogP contribution in [0.3, 0.4) is 0 Å². The summed E-state index contributed by atoms with van der Waals surface area (Å²) in [5.74, 6) is -1.98. The van der Waals surface area contributed by atoms with E-state index in [0.717, 1.165) is 12.8 Å². The lowest BCUT2D eigenvalue weighted by Gasteiger charge is -2.37. The Morgan fingerprint density at radius 1 is 1.36 bits per heavy atom. The number of fused-ring (bicyclic) bond motifs is 1. The van der Waals surface area contributed by atoms with Crippen molar-refractivity contribution >= 4 is 17.7 Å². The molecule has 3 aliphatic heterocycles. The van der Waals surface area contributed by atoms with Gasteiger partial charge in [0.15, 0.2) is 0 Å². The molecular weight excluding hydrogens is 362 g/mol. The predicted molar refractivity (Wildman–Crippen MR) is 102 cm³/mol. The quantitative estimate of drug-likeness (QED) is 0.544. The first-order valence-electron chi connectivity index (χ1n) is 10.5. The van der Waals surface area contributed by atoms with Crippen molar-refractivity contribution in [1.29, 1.82) is 0 Å². The zero-order chi connectivity index (χ0) is 20.6. The summed E-state index contributed by atoms with van der Waals surface area (Å²) in [5, 5.41) is 15.6. The second kappa shape index (κ2) is 7.99. The van der Waals surface area contributed by atoms with Crippen molar-refractivity contribution in [2.24, 2.45) is 11.8 Å². The minimum absolute atomic E-state index is 0.0209. The minimum atomic E-state index is -0.989. The van der Waals surface area contributed by atoms with Crippen LogP contribution in [0, 0.1) is 11.8 Å². The zero-order valence-corrected chi connectivity index (χ0v) is 17.2. The van der Waals surface area contributed by atoms with Crippen molar-refractivity contribution in [3.05, 3.63) is 0 Å². The second-order valence-corrected chi connectivity index (χ2v) is 8.36. The first-order valence-corrected chi connectivity index (χ1v) is 10.5. The number of carbonyl (C=O) groups is 3. The Bertz CT molecular complexity index is 637. The Kier molecular flexibility index (Phi) is 6.00. The Labute approximate surface area is 166 Å². The van der Waals surface area contributed by atoms with Gasteiger partial charge in [0.05, 0.1) is 30.6 Å². The molecular formula is C20H33N3O5. The third kappa shape index (κ3) is 3.01. The summed E-state index contributed by atoms with van der Waals surface area (Å²) >= 11 is 0. The van der Waals surface area contributed by atoms with Crippen molar-refractivity contribution < 1.29 is 24.2 Å². The molecule has 3 saturated heterocycles. The maximum atomic E-state index is 13.5. The summed E-state index contributed by atoms with van der Waals surface area (Å²) in [7, 11) is 1.55. The Morgan fingerprint density at radius 2 is 2.07 bits per heavy atom. The highest BCUT2D eigenvalue weighted by Gasteiger charge is 2.74. The van der Waals surface area contributed by atoms with Crippen molar-refractivity contribution in [3.63, 3.8) is 0 Å². The molecule has 3 unspecified atom stereocenters. The maximum Gasteiger partial charge on any atom is 0.246 e. The molecule has 158 valence electrons. The van der Waals surface area contributed by atoms with E-state index in [2.05, 4.69) is 17.6 Å². The van der Waals surface area contributed by atoms with Gasteiger partial charge in [-0.05, 0) is 32.6 Å². The maximum absolute atomic E-state index is 13.5. The number of likely N-dealkylation sites (tertiary alicyclic amines) is 1. The Morgan fingerprint density at radius 3 is 2.64 bits per heavy atom. The zero-order valence-electron chi connectivity index (χ0n) is 17.2. The van der Waals surface area contributed by atoms with E-state index in [-0.39, 0.29) is 36.5 Å². The Hall–Kier alpha value is -1.67. The molecule has 8 heteroatoms. The van der Waals surface area contributed by atoms with E-state index in [1.54, 1.807) is 7.05 Å². The molecule has 2 bridgehead atoms. The minimum Gasteiger partial charge on any atom is -0.394 e. The van der Waals surface area contributed by atoms with E-state index in [9.17, 15) is 19.5 Å².